The maximum absolute atomic E-state index is 11.8. The molecule has 1 aromatic carbocycles. The number of aromatic nitrogens is 2. The van der Waals surface area contributed by atoms with Crippen molar-refractivity contribution in [3.05, 3.63) is 44.5 Å². The topological polar surface area (TPSA) is 82.8 Å². The summed E-state index contributed by atoms with van der Waals surface area (Å²) in [6.45, 7) is 3.62. The first kappa shape index (κ1) is 11.3. The minimum Gasteiger partial charge on any atom is -0.316 e. The van der Waals surface area contributed by atoms with Gasteiger partial charge < -0.3 is 9.97 Å². The van der Waals surface area contributed by atoms with E-state index in [9.17, 15) is 14.4 Å². The van der Waals surface area contributed by atoms with Crippen LogP contribution in [0.1, 0.15) is 24.2 Å². The third-order valence-electron chi connectivity index (χ3n) is 2.53. The number of ketones is 1. The van der Waals surface area contributed by atoms with E-state index in [0.717, 1.165) is 0 Å². The highest BCUT2D eigenvalue weighted by Gasteiger charge is 2.11. The van der Waals surface area contributed by atoms with Crippen molar-refractivity contribution in [2.45, 2.75) is 13.8 Å². The summed E-state index contributed by atoms with van der Waals surface area (Å²) in [6.07, 6.45) is 0. The first-order valence-corrected chi connectivity index (χ1v) is 5.29. The fraction of sp³-hybridized carbons (Fsp3) is 0.250. The van der Waals surface area contributed by atoms with Crippen LogP contribution in [0.4, 0.5) is 0 Å². The second kappa shape index (κ2) is 4.01. The number of carbonyl (C=O) groups excluding carboxylic acids is 1. The number of fused-ring (bicyclic) bond motifs is 1. The van der Waals surface area contributed by atoms with E-state index in [0.29, 0.717) is 16.6 Å². The summed E-state index contributed by atoms with van der Waals surface area (Å²) in [4.78, 5) is 38.9. The van der Waals surface area contributed by atoms with Crippen LogP contribution in [0.3, 0.4) is 0 Å². The van der Waals surface area contributed by atoms with E-state index in [-0.39, 0.29) is 11.7 Å². The standard InChI is InChI=1S/C12H12N2O3/c1-6(2)10(15)7-3-4-8-9(5-7)14-12(17)11(16)13-8/h3-6H,1-2H3,(H,13,16)(H,14,17). The summed E-state index contributed by atoms with van der Waals surface area (Å²) < 4.78 is 0. The molecule has 0 spiro atoms. The molecule has 0 atom stereocenters. The van der Waals surface area contributed by atoms with Gasteiger partial charge in [0.2, 0.25) is 0 Å². The van der Waals surface area contributed by atoms with Gasteiger partial charge in [-0.1, -0.05) is 13.8 Å². The Morgan fingerprint density at radius 2 is 1.65 bits per heavy atom. The molecule has 0 aliphatic rings. The highest BCUT2D eigenvalue weighted by molar-refractivity contribution is 5.99. The summed E-state index contributed by atoms with van der Waals surface area (Å²) in [6, 6.07) is 4.83. The number of H-pyrrole nitrogens is 2. The van der Waals surface area contributed by atoms with Crippen molar-refractivity contribution in [2.24, 2.45) is 5.92 Å². The molecule has 0 aliphatic heterocycles. The molecule has 0 aliphatic carbocycles. The van der Waals surface area contributed by atoms with Crippen molar-refractivity contribution < 1.29 is 4.79 Å². The summed E-state index contributed by atoms with van der Waals surface area (Å²) in [5, 5.41) is 0. The monoisotopic (exact) mass is 232 g/mol. The van der Waals surface area contributed by atoms with Crippen LogP contribution in [0.2, 0.25) is 0 Å². The number of aromatic amines is 2. The molecule has 0 bridgehead atoms. The van der Waals surface area contributed by atoms with Crippen LogP contribution in [0.5, 0.6) is 0 Å². The fourth-order valence-electron chi connectivity index (χ4n) is 1.60. The molecule has 5 heteroatoms. The van der Waals surface area contributed by atoms with Crippen LogP contribution in [-0.2, 0) is 0 Å². The highest BCUT2D eigenvalue weighted by atomic mass is 16.2. The van der Waals surface area contributed by atoms with E-state index in [1.165, 1.54) is 0 Å². The molecular weight excluding hydrogens is 220 g/mol. The quantitative estimate of drug-likeness (QED) is 0.599. The van der Waals surface area contributed by atoms with Crippen molar-refractivity contribution in [3.63, 3.8) is 0 Å². The second-order valence-electron chi connectivity index (χ2n) is 4.19. The fourth-order valence-corrected chi connectivity index (χ4v) is 1.60. The van der Waals surface area contributed by atoms with Crippen molar-refractivity contribution >= 4 is 16.8 Å². The van der Waals surface area contributed by atoms with Crippen molar-refractivity contribution in [1.29, 1.82) is 0 Å². The largest absolute Gasteiger partial charge is 0.316 e. The van der Waals surface area contributed by atoms with Crippen LogP contribution < -0.4 is 11.1 Å². The number of rotatable bonds is 2. The zero-order valence-corrected chi connectivity index (χ0v) is 9.53. The van der Waals surface area contributed by atoms with Gasteiger partial charge in [-0.25, -0.2) is 0 Å². The molecule has 0 saturated heterocycles. The Labute approximate surface area is 96.5 Å². The molecule has 0 fully saturated rings. The molecule has 0 radical (unpaired) electrons. The summed E-state index contributed by atoms with van der Waals surface area (Å²) in [5.74, 6) is -0.110. The average molecular weight is 232 g/mol. The molecule has 1 heterocycles. The van der Waals surface area contributed by atoms with E-state index in [4.69, 9.17) is 0 Å². The molecule has 5 nitrogen and oxygen atoms in total. The third kappa shape index (κ3) is 2.04. The van der Waals surface area contributed by atoms with Gasteiger partial charge in [0.25, 0.3) is 0 Å². The number of carbonyl (C=O) groups is 1. The van der Waals surface area contributed by atoms with Gasteiger partial charge in [-0.3, -0.25) is 14.4 Å². The van der Waals surface area contributed by atoms with E-state index in [1.54, 1.807) is 18.2 Å². The van der Waals surface area contributed by atoms with Gasteiger partial charge in [0.1, 0.15) is 0 Å². The molecule has 17 heavy (non-hydrogen) atoms. The van der Waals surface area contributed by atoms with Gasteiger partial charge in [-0.15, -0.1) is 0 Å². The number of hydrogen-bond donors (Lipinski definition) is 2. The Kier molecular flexibility index (Phi) is 2.67. The van der Waals surface area contributed by atoms with Crippen LogP contribution in [0, 0.1) is 5.92 Å². The van der Waals surface area contributed by atoms with E-state index in [2.05, 4.69) is 9.97 Å². The van der Waals surface area contributed by atoms with Gasteiger partial charge >= 0.3 is 11.1 Å². The third-order valence-corrected chi connectivity index (χ3v) is 2.53. The molecule has 1 aromatic heterocycles. The smallest absolute Gasteiger partial charge is 0.314 e. The van der Waals surface area contributed by atoms with Crippen LogP contribution in [0.25, 0.3) is 11.0 Å². The maximum Gasteiger partial charge on any atom is 0.314 e. The lowest BCUT2D eigenvalue weighted by Crippen LogP contribution is -2.29. The number of nitrogens with one attached hydrogen (secondary N) is 2. The zero-order chi connectivity index (χ0) is 12.6. The van der Waals surface area contributed by atoms with E-state index >= 15 is 0 Å². The van der Waals surface area contributed by atoms with Crippen molar-refractivity contribution in [3.8, 4) is 0 Å². The molecule has 2 rings (SSSR count). The molecular formula is C12H12N2O3. The van der Waals surface area contributed by atoms with Crippen molar-refractivity contribution in [1.82, 2.24) is 9.97 Å². The number of hydrogen-bond acceptors (Lipinski definition) is 3. The first-order valence-electron chi connectivity index (χ1n) is 5.29. The Morgan fingerprint density at radius 1 is 1.06 bits per heavy atom. The first-order chi connectivity index (χ1) is 7.99. The maximum atomic E-state index is 11.8. The Hall–Kier alpha value is -2.17. The average Bonchev–Trinajstić information content (AvgIpc) is 2.29. The predicted octanol–water partition coefficient (Wildman–Crippen LogP) is 1.06. The number of benzene rings is 1. The molecule has 88 valence electrons. The van der Waals surface area contributed by atoms with E-state index in [1.807, 2.05) is 13.8 Å². The molecule has 0 unspecified atom stereocenters. The van der Waals surface area contributed by atoms with Crippen LogP contribution in [-0.4, -0.2) is 15.8 Å². The lowest BCUT2D eigenvalue weighted by Gasteiger charge is -2.05. The van der Waals surface area contributed by atoms with Crippen molar-refractivity contribution in [2.75, 3.05) is 0 Å². The summed E-state index contributed by atoms with van der Waals surface area (Å²) in [5.41, 5.74) is 0.0817. The highest BCUT2D eigenvalue weighted by Crippen LogP contribution is 2.13. The Morgan fingerprint density at radius 3 is 2.24 bits per heavy atom. The van der Waals surface area contributed by atoms with E-state index < -0.39 is 11.1 Å². The van der Waals surface area contributed by atoms with Crippen LogP contribution in [0.15, 0.2) is 27.8 Å². The Bertz CT molecular complexity index is 695. The minimum absolute atomic E-state index is 0.000973. The lowest BCUT2D eigenvalue weighted by atomic mass is 10.0. The Balaban J connectivity index is 2.66. The summed E-state index contributed by atoms with van der Waals surface area (Å²) >= 11 is 0. The van der Waals surface area contributed by atoms with Gasteiger partial charge in [0.15, 0.2) is 5.78 Å². The van der Waals surface area contributed by atoms with Crippen LogP contribution >= 0.6 is 0 Å². The van der Waals surface area contributed by atoms with Gasteiger partial charge in [-0.2, -0.15) is 0 Å². The van der Waals surface area contributed by atoms with Gasteiger partial charge in [0, 0.05) is 11.5 Å². The normalized spacial score (nSPS) is 11.0. The van der Waals surface area contributed by atoms with Gasteiger partial charge in [-0.05, 0) is 18.2 Å². The minimum atomic E-state index is -0.716. The molecule has 0 amide bonds. The van der Waals surface area contributed by atoms with Gasteiger partial charge in [0.05, 0.1) is 11.0 Å². The summed E-state index contributed by atoms with van der Waals surface area (Å²) in [7, 11) is 0. The molecule has 2 aromatic rings. The number of Topliss-reactive ketones (excluding diaryl/α,β-unsaturated/α-hetero) is 1. The second-order valence-corrected chi connectivity index (χ2v) is 4.19. The SMILES string of the molecule is CC(C)C(=O)c1ccc2[nH]c(=O)c(=O)[nH]c2c1. The lowest BCUT2D eigenvalue weighted by molar-refractivity contribution is 0.0939. The molecule has 2 N–H and O–H groups in total. The molecule has 0 saturated carbocycles. The zero-order valence-electron chi connectivity index (χ0n) is 9.53. The predicted molar refractivity (Wildman–Crippen MR) is 64.4 cm³/mol.